The molecule has 1 saturated heterocycles. The molecule has 2 N–H and O–H groups in total. The van der Waals surface area contributed by atoms with E-state index in [1.165, 1.54) is 16.7 Å². The van der Waals surface area contributed by atoms with Gasteiger partial charge >= 0.3 is 0 Å². The first-order valence-electron chi connectivity index (χ1n) is 4.78. The summed E-state index contributed by atoms with van der Waals surface area (Å²) in [7, 11) is 0. The Morgan fingerprint density at radius 2 is 1.86 bits per heavy atom. The Morgan fingerprint density at radius 1 is 1.29 bits per heavy atom. The second-order valence-corrected chi connectivity index (χ2v) is 5.06. The summed E-state index contributed by atoms with van der Waals surface area (Å²) in [6, 6.07) is 0. The Labute approximate surface area is 87.2 Å². The predicted octanol–water partition coefficient (Wildman–Crippen LogP) is -0.173. The van der Waals surface area contributed by atoms with Gasteiger partial charge in [0.2, 0.25) is 11.8 Å². The van der Waals surface area contributed by atoms with Crippen LogP contribution in [0.5, 0.6) is 0 Å². The summed E-state index contributed by atoms with van der Waals surface area (Å²) in [5.41, 5.74) is 5.69. The van der Waals surface area contributed by atoms with Crippen LogP contribution in [0.2, 0.25) is 0 Å². The molecule has 2 aliphatic rings. The number of rotatable bonds is 3. The molecule has 0 spiro atoms. The van der Waals surface area contributed by atoms with E-state index in [2.05, 4.69) is 0 Å². The van der Waals surface area contributed by atoms with Gasteiger partial charge in [-0.2, -0.15) is 0 Å². The van der Waals surface area contributed by atoms with Gasteiger partial charge in [-0.25, -0.2) is 0 Å². The molecule has 0 aromatic rings. The van der Waals surface area contributed by atoms with Crippen molar-refractivity contribution in [3.05, 3.63) is 0 Å². The molecule has 2 amide bonds. The quantitative estimate of drug-likeness (QED) is 0.662. The monoisotopic (exact) mass is 214 g/mol. The molecular formula is C9H14N2O2S. The number of nitrogens with two attached hydrogens (primary N) is 1. The van der Waals surface area contributed by atoms with E-state index in [1.807, 2.05) is 0 Å². The van der Waals surface area contributed by atoms with E-state index >= 15 is 0 Å². The van der Waals surface area contributed by atoms with Gasteiger partial charge in [0.25, 0.3) is 0 Å². The fraction of sp³-hybridized carbons (Fsp3) is 0.778. The molecule has 0 atom stereocenters. The van der Waals surface area contributed by atoms with Gasteiger partial charge in [-0.05, 0) is 19.4 Å². The Hall–Kier alpha value is -0.550. The maximum atomic E-state index is 11.5. The lowest BCUT2D eigenvalue weighted by molar-refractivity contribution is -0.143. The van der Waals surface area contributed by atoms with Gasteiger partial charge in [-0.3, -0.25) is 14.5 Å². The van der Waals surface area contributed by atoms with Crippen LogP contribution in [0.4, 0.5) is 0 Å². The third kappa shape index (κ3) is 1.79. The van der Waals surface area contributed by atoms with E-state index in [-0.39, 0.29) is 17.2 Å². The Morgan fingerprint density at radius 3 is 2.29 bits per heavy atom. The summed E-state index contributed by atoms with van der Waals surface area (Å²) in [6.07, 6.45) is 2.10. The number of imide groups is 1. The number of amides is 2. The van der Waals surface area contributed by atoms with Gasteiger partial charge in [-0.15, -0.1) is 11.8 Å². The molecular weight excluding hydrogens is 200 g/mol. The lowest BCUT2D eigenvalue weighted by Crippen LogP contribution is -2.47. The molecule has 14 heavy (non-hydrogen) atoms. The van der Waals surface area contributed by atoms with Crippen molar-refractivity contribution >= 4 is 23.6 Å². The fourth-order valence-electron chi connectivity index (χ4n) is 1.64. The zero-order chi connectivity index (χ0) is 10.2. The highest BCUT2D eigenvalue weighted by molar-refractivity contribution is 8.00. The van der Waals surface area contributed by atoms with E-state index in [1.54, 1.807) is 0 Å². The first-order valence-corrected chi connectivity index (χ1v) is 5.93. The highest BCUT2D eigenvalue weighted by Crippen LogP contribution is 2.45. The molecule has 1 heterocycles. The zero-order valence-electron chi connectivity index (χ0n) is 7.99. The van der Waals surface area contributed by atoms with Crippen molar-refractivity contribution in [3.63, 3.8) is 0 Å². The van der Waals surface area contributed by atoms with Gasteiger partial charge in [0.05, 0.1) is 11.5 Å². The summed E-state index contributed by atoms with van der Waals surface area (Å²) in [6.45, 7) is 1.12. The number of nitrogens with zero attached hydrogens (tertiary/aromatic N) is 1. The molecule has 2 fully saturated rings. The van der Waals surface area contributed by atoms with E-state index in [0.717, 1.165) is 12.8 Å². The average Bonchev–Trinajstić information content (AvgIpc) is 2.93. The normalized spacial score (nSPS) is 25.4. The molecule has 5 heteroatoms. The van der Waals surface area contributed by atoms with Gasteiger partial charge in [0, 0.05) is 12.0 Å². The van der Waals surface area contributed by atoms with Crippen LogP contribution in [0.15, 0.2) is 0 Å². The van der Waals surface area contributed by atoms with Crippen molar-refractivity contribution in [2.45, 2.75) is 12.8 Å². The summed E-state index contributed by atoms with van der Waals surface area (Å²) in [5, 5.41) is 0. The smallest absolute Gasteiger partial charge is 0.239 e. The van der Waals surface area contributed by atoms with Crippen molar-refractivity contribution in [1.29, 1.82) is 0 Å². The molecule has 0 unspecified atom stereocenters. The van der Waals surface area contributed by atoms with Gasteiger partial charge in [-0.1, -0.05) is 0 Å². The maximum Gasteiger partial charge on any atom is 0.239 e. The minimum Gasteiger partial charge on any atom is -0.330 e. The molecule has 0 radical (unpaired) electrons. The van der Waals surface area contributed by atoms with Crippen molar-refractivity contribution in [2.75, 3.05) is 24.6 Å². The predicted molar refractivity (Wildman–Crippen MR) is 54.8 cm³/mol. The van der Waals surface area contributed by atoms with E-state index in [4.69, 9.17) is 5.73 Å². The van der Waals surface area contributed by atoms with Crippen LogP contribution >= 0.6 is 11.8 Å². The van der Waals surface area contributed by atoms with Gasteiger partial charge in [0.15, 0.2) is 0 Å². The largest absolute Gasteiger partial charge is 0.330 e. The first-order chi connectivity index (χ1) is 6.67. The van der Waals surface area contributed by atoms with Crippen molar-refractivity contribution in [2.24, 2.45) is 11.1 Å². The number of thioether (sulfide) groups is 1. The molecule has 0 bridgehead atoms. The molecule has 4 nitrogen and oxygen atoms in total. The summed E-state index contributed by atoms with van der Waals surface area (Å²) in [4.78, 5) is 24.3. The Kier molecular flexibility index (Phi) is 2.53. The van der Waals surface area contributed by atoms with E-state index in [0.29, 0.717) is 24.6 Å². The van der Waals surface area contributed by atoms with Crippen molar-refractivity contribution < 1.29 is 9.59 Å². The molecule has 0 aromatic carbocycles. The van der Waals surface area contributed by atoms with Gasteiger partial charge in [0.1, 0.15) is 0 Å². The molecule has 1 saturated carbocycles. The second kappa shape index (κ2) is 3.55. The highest BCUT2D eigenvalue weighted by Gasteiger charge is 2.45. The number of carbonyl (C=O) groups excluding carboxylic acids is 2. The second-order valence-electron chi connectivity index (χ2n) is 4.07. The summed E-state index contributed by atoms with van der Waals surface area (Å²) >= 11 is 1.40. The third-order valence-corrected chi connectivity index (χ3v) is 3.84. The molecule has 1 aliphatic carbocycles. The fourth-order valence-corrected chi connectivity index (χ4v) is 2.40. The van der Waals surface area contributed by atoms with Crippen LogP contribution in [0.3, 0.4) is 0 Å². The number of hydrogen-bond donors (Lipinski definition) is 1. The number of hydrogen-bond acceptors (Lipinski definition) is 4. The van der Waals surface area contributed by atoms with Crippen molar-refractivity contribution in [3.8, 4) is 0 Å². The maximum absolute atomic E-state index is 11.5. The lowest BCUT2D eigenvalue weighted by atomic mass is 10.1. The Balaban J connectivity index is 2.01. The molecule has 0 aromatic heterocycles. The van der Waals surface area contributed by atoms with Crippen LogP contribution < -0.4 is 5.73 Å². The molecule has 78 valence electrons. The Bertz CT molecular complexity index is 260. The average molecular weight is 214 g/mol. The van der Waals surface area contributed by atoms with Crippen LogP contribution in [0, 0.1) is 5.41 Å². The summed E-state index contributed by atoms with van der Waals surface area (Å²) < 4.78 is 0. The van der Waals surface area contributed by atoms with Gasteiger partial charge < -0.3 is 5.73 Å². The van der Waals surface area contributed by atoms with E-state index < -0.39 is 0 Å². The first kappa shape index (κ1) is 9.98. The minimum absolute atomic E-state index is 0.0500. The minimum atomic E-state index is -0.0500. The van der Waals surface area contributed by atoms with Crippen molar-refractivity contribution in [1.82, 2.24) is 4.90 Å². The SMILES string of the molecule is NCC1(CN2C(=O)CSCC2=O)CC1. The number of carbonyl (C=O) groups is 2. The lowest BCUT2D eigenvalue weighted by Gasteiger charge is -2.28. The van der Waals surface area contributed by atoms with Crippen LogP contribution in [0.25, 0.3) is 0 Å². The molecule has 2 rings (SSSR count). The third-order valence-electron chi connectivity index (χ3n) is 2.94. The van der Waals surface area contributed by atoms with E-state index in [9.17, 15) is 9.59 Å². The zero-order valence-corrected chi connectivity index (χ0v) is 8.81. The van der Waals surface area contributed by atoms with Crippen LogP contribution in [-0.2, 0) is 9.59 Å². The highest BCUT2D eigenvalue weighted by atomic mass is 32.2. The standard InChI is InChI=1S/C9H14N2O2S/c10-5-9(1-2-9)6-11-7(12)3-14-4-8(11)13/h1-6,10H2. The van der Waals surface area contributed by atoms with Crippen LogP contribution in [-0.4, -0.2) is 41.3 Å². The van der Waals surface area contributed by atoms with Crippen LogP contribution in [0.1, 0.15) is 12.8 Å². The molecule has 1 aliphatic heterocycles. The summed E-state index contributed by atoms with van der Waals surface area (Å²) in [5.74, 6) is 0.774. The topological polar surface area (TPSA) is 63.4 Å².